The van der Waals surface area contributed by atoms with Crippen LogP contribution in [0.2, 0.25) is 0 Å². The second kappa shape index (κ2) is 9.07. The molecule has 1 unspecified atom stereocenters. The van der Waals surface area contributed by atoms with Crippen molar-refractivity contribution >= 4 is 11.9 Å². The van der Waals surface area contributed by atoms with E-state index in [1.165, 1.54) is 25.9 Å². The van der Waals surface area contributed by atoms with Gasteiger partial charge in [0.25, 0.3) is 5.91 Å². The van der Waals surface area contributed by atoms with Gasteiger partial charge < -0.3 is 24.4 Å². The Labute approximate surface area is 156 Å². The monoisotopic (exact) mass is 361 g/mol. The van der Waals surface area contributed by atoms with Crippen LogP contribution in [0.1, 0.15) is 30.3 Å². The molecule has 7 heteroatoms. The molecule has 1 N–H and O–H groups in total. The van der Waals surface area contributed by atoms with Crippen LogP contribution in [0.15, 0.2) is 27.8 Å². The third kappa shape index (κ3) is 4.58. The molecule has 0 aromatic carbocycles. The van der Waals surface area contributed by atoms with Crippen LogP contribution >= 0.6 is 0 Å². The first-order valence-corrected chi connectivity index (χ1v) is 9.72. The lowest BCUT2D eigenvalue weighted by molar-refractivity contribution is 0.0657. The highest BCUT2D eigenvalue weighted by Crippen LogP contribution is 2.15. The Morgan fingerprint density at radius 3 is 2.69 bits per heavy atom. The normalized spacial score (nSPS) is 22.5. The summed E-state index contributed by atoms with van der Waals surface area (Å²) in [5.74, 6) is 2.02. The Morgan fingerprint density at radius 1 is 1.27 bits per heavy atom. The number of hydrogen-bond acceptors (Lipinski definition) is 4. The Hall–Kier alpha value is -2.02. The van der Waals surface area contributed by atoms with Crippen LogP contribution in [-0.4, -0.2) is 86.0 Å². The number of guanidine groups is 1. The van der Waals surface area contributed by atoms with Gasteiger partial charge in [-0.05, 0) is 44.0 Å². The molecule has 1 aromatic rings. The number of hydrogen-bond donors (Lipinski definition) is 1. The maximum atomic E-state index is 12.4. The number of carbonyl (C=O) groups excluding carboxylic acids is 1. The fraction of sp³-hybridized carbons (Fsp3) is 0.684. The van der Waals surface area contributed by atoms with Crippen molar-refractivity contribution in [1.82, 2.24) is 20.0 Å². The molecule has 0 aliphatic carbocycles. The number of aliphatic imine (C=N–C) groups is 1. The first kappa shape index (κ1) is 18.8. The molecule has 0 bridgehead atoms. The quantitative estimate of drug-likeness (QED) is 0.648. The van der Waals surface area contributed by atoms with Gasteiger partial charge in [0.1, 0.15) is 0 Å². The van der Waals surface area contributed by atoms with E-state index in [-0.39, 0.29) is 5.91 Å². The maximum absolute atomic E-state index is 12.4. The van der Waals surface area contributed by atoms with Crippen LogP contribution in [0.5, 0.6) is 0 Å². The fourth-order valence-corrected chi connectivity index (χ4v) is 3.85. The highest BCUT2D eigenvalue weighted by atomic mass is 16.3. The Bertz CT molecular complexity index is 593. The first-order chi connectivity index (χ1) is 12.7. The Morgan fingerprint density at radius 2 is 2.04 bits per heavy atom. The SMILES string of the molecule is CCN1CCCC(CNC(=NC)N2CCN(C(=O)c3ccco3)CC2)C1. The fourth-order valence-electron chi connectivity index (χ4n) is 3.85. The molecule has 3 heterocycles. The van der Waals surface area contributed by atoms with E-state index in [9.17, 15) is 4.79 Å². The number of nitrogens with one attached hydrogen (secondary N) is 1. The minimum atomic E-state index is -0.0283. The number of amides is 1. The molecule has 2 aliphatic rings. The van der Waals surface area contributed by atoms with Crippen LogP contribution in [0.25, 0.3) is 0 Å². The van der Waals surface area contributed by atoms with Crippen molar-refractivity contribution in [3.05, 3.63) is 24.2 Å². The average Bonchev–Trinajstić information content (AvgIpc) is 3.23. The minimum absolute atomic E-state index is 0.0283. The highest BCUT2D eigenvalue weighted by Gasteiger charge is 2.26. The second-order valence-electron chi connectivity index (χ2n) is 7.09. The molecule has 2 saturated heterocycles. The van der Waals surface area contributed by atoms with Crippen molar-refractivity contribution in [2.45, 2.75) is 19.8 Å². The van der Waals surface area contributed by atoms with Crippen molar-refractivity contribution in [2.75, 3.05) is 59.4 Å². The van der Waals surface area contributed by atoms with Gasteiger partial charge >= 0.3 is 0 Å². The summed E-state index contributed by atoms with van der Waals surface area (Å²) in [7, 11) is 1.84. The van der Waals surface area contributed by atoms with Crippen molar-refractivity contribution in [2.24, 2.45) is 10.9 Å². The Balaban J connectivity index is 1.45. The van der Waals surface area contributed by atoms with Crippen LogP contribution in [0.3, 0.4) is 0 Å². The number of piperazine rings is 1. The predicted molar refractivity (Wildman–Crippen MR) is 102 cm³/mol. The average molecular weight is 361 g/mol. The third-order valence-electron chi connectivity index (χ3n) is 5.41. The molecule has 2 aliphatic heterocycles. The van der Waals surface area contributed by atoms with Gasteiger partial charge in [-0.25, -0.2) is 0 Å². The number of likely N-dealkylation sites (tertiary alicyclic amines) is 1. The van der Waals surface area contributed by atoms with E-state index in [1.54, 1.807) is 18.4 Å². The van der Waals surface area contributed by atoms with Crippen LogP contribution in [0.4, 0.5) is 0 Å². The molecule has 3 rings (SSSR count). The lowest BCUT2D eigenvalue weighted by Gasteiger charge is -2.37. The molecule has 7 nitrogen and oxygen atoms in total. The second-order valence-corrected chi connectivity index (χ2v) is 7.09. The molecule has 1 amide bonds. The standard InChI is InChI=1S/C19H31N5O2/c1-3-22-8-4-6-16(15-22)14-21-19(20-2)24-11-9-23(10-12-24)18(25)17-7-5-13-26-17/h5,7,13,16H,3-4,6,8-12,14-15H2,1-2H3,(H,20,21). The summed E-state index contributed by atoms with van der Waals surface area (Å²) >= 11 is 0. The number of furan rings is 1. The van der Waals surface area contributed by atoms with Crippen molar-refractivity contribution in [3.8, 4) is 0 Å². The summed E-state index contributed by atoms with van der Waals surface area (Å²) in [5, 5.41) is 3.55. The van der Waals surface area contributed by atoms with E-state index in [4.69, 9.17) is 4.42 Å². The molecular weight excluding hydrogens is 330 g/mol. The minimum Gasteiger partial charge on any atom is -0.459 e. The van der Waals surface area contributed by atoms with E-state index in [0.717, 1.165) is 32.1 Å². The number of nitrogens with zero attached hydrogens (tertiary/aromatic N) is 4. The van der Waals surface area contributed by atoms with Gasteiger partial charge in [0.05, 0.1) is 6.26 Å². The largest absolute Gasteiger partial charge is 0.459 e. The molecule has 0 radical (unpaired) electrons. The summed E-state index contributed by atoms with van der Waals surface area (Å²) in [4.78, 5) is 23.4. The Kier molecular flexibility index (Phi) is 6.55. The van der Waals surface area contributed by atoms with Gasteiger partial charge in [-0.2, -0.15) is 0 Å². The number of carbonyl (C=O) groups is 1. The first-order valence-electron chi connectivity index (χ1n) is 9.72. The maximum Gasteiger partial charge on any atom is 0.289 e. The van der Waals surface area contributed by atoms with Crippen LogP contribution in [0, 0.1) is 5.92 Å². The van der Waals surface area contributed by atoms with Gasteiger partial charge in [-0.3, -0.25) is 9.79 Å². The zero-order chi connectivity index (χ0) is 18.4. The van der Waals surface area contributed by atoms with E-state index in [0.29, 0.717) is 24.8 Å². The van der Waals surface area contributed by atoms with E-state index in [2.05, 4.69) is 27.0 Å². The van der Waals surface area contributed by atoms with E-state index in [1.807, 2.05) is 11.9 Å². The number of piperidine rings is 1. The van der Waals surface area contributed by atoms with Crippen LogP contribution in [-0.2, 0) is 0 Å². The molecular formula is C19H31N5O2. The highest BCUT2D eigenvalue weighted by molar-refractivity contribution is 5.91. The van der Waals surface area contributed by atoms with Gasteiger partial charge in [0.2, 0.25) is 0 Å². The summed E-state index contributed by atoms with van der Waals surface area (Å²) in [6.45, 7) is 9.69. The summed E-state index contributed by atoms with van der Waals surface area (Å²) in [5.41, 5.74) is 0. The zero-order valence-electron chi connectivity index (χ0n) is 16.0. The van der Waals surface area contributed by atoms with Crippen molar-refractivity contribution < 1.29 is 9.21 Å². The predicted octanol–water partition coefficient (Wildman–Crippen LogP) is 1.34. The van der Waals surface area contributed by atoms with Crippen molar-refractivity contribution in [3.63, 3.8) is 0 Å². The summed E-state index contributed by atoms with van der Waals surface area (Å²) in [6.07, 6.45) is 4.11. The lowest BCUT2D eigenvalue weighted by atomic mass is 9.98. The third-order valence-corrected chi connectivity index (χ3v) is 5.41. The van der Waals surface area contributed by atoms with Gasteiger partial charge in [0.15, 0.2) is 11.7 Å². The molecule has 0 saturated carbocycles. The zero-order valence-corrected chi connectivity index (χ0v) is 16.0. The molecule has 1 atom stereocenters. The smallest absolute Gasteiger partial charge is 0.289 e. The van der Waals surface area contributed by atoms with Crippen molar-refractivity contribution in [1.29, 1.82) is 0 Å². The lowest BCUT2D eigenvalue weighted by Crippen LogP contribution is -2.54. The molecule has 1 aromatic heterocycles. The molecule has 144 valence electrons. The van der Waals surface area contributed by atoms with Gasteiger partial charge in [0, 0.05) is 46.3 Å². The molecule has 2 fully saturated rings. The van der Waals surface area contributed by atoms with Gasteiger partial charge in [-0.15, -0.1) is 0 Å². The number of rotatable bonds is 4. The molecule has 0 spiro atoms. The van der Waals surface area contributed by atoms with Gasteiger partial charge in [-0.1, -0.05) is 6.92 Å². The topological polar surface area (TPSA) is 64.3 Å². The van der Waals surface area contributed by atoms with E-state index >= 15 is 0 Å². The van der Waals surface area contributed by atoms with Crippen LogP contribution < -0.4 is 5.32 Å². The summed E-state index contributed by atoms with van der Waals surface area (Å²) in [6, 6.07) is 3.47. The molecule has 26 heavy (non-hydrogen) atoms. The van der Waals surface area contributed by atoms with E-state index < -0.39 is 0 Å². The summed E-state index contributed by atoms with van der Waals surface area (Å²) < 4.78 is 5.22.